The van der Waals surface area contributed by atoms with E-state index in [2.05, 4.69) is 167 Å². The lowest BCUT2D eigenvalue weighted by atomic mass is 10.1. The van der Waals surface area contributed by atoms with Gasteiger partial charge in [0.2, 0.25) is 5.95 Å². The zero-order chi connectivity index (χ0) is 33.5. The fourth-order valence-electron chi connectivity index (χ4n) is 7.95. The van der Waals surface area contributed by atoms with E-state index in [0.717, 1.165) is 33.5 Å². The van der Waals surface area contributed by atoms with Crippen molar-refractivity contribution in [3.05, 3.63) is 170 Å². The number of nitrogens with zero attached hydrogens (tertiary/aromatic N) is 4. The maximum absolute atomic E-state index is 5.27. The number of aromatic nitrogens is 4. The fraction of sp³-hybridized carbons (Fsp3) is 0. The lowest BCUT2D eigenvalue weighted by Crippen LogP contribution is -2.04. The number of thiophene rings is 1. The minimum absolute atomic E-state index is 0.652. The molecule has 0 saturated carbocycles. The molecule has 0 atom stereocenters. The second-order valence-corrected chi connectivity index (χ2v) is 14.0. The summed E-state index contributed by atoms with van der Waals surface area (Å²) in [6.45, 7) is 0. The molecule has 4 nitrogen and oxygen atoms in total. The molecule has 0 saturated heterocycles. The summed E-state index contributed by atoms with van der Waals surface area (Å²) in [6.07, 6.45) is 0. The quantitative estimate of drug-likeness (QED) is 0.187. The van der Waals surface area contributed by atoms with Crippen LogP contribution in [0.4, 0.5) is 0 Å². The first-order chi connectivity index (χ1) is 25.3. The smallest absolute Gasteiger partial charge is 0.235 e. The van der Waals surface area contributed by atoms with Gasteiger partial charge >= 0.3 is 0 Å². The van der Waals surface area contributed by atoms with Crippen LogP contribution >= 0.6 is 11.3 Å². The lowest BCUT2D eigenvalue weighted by molar-refractivity contribution is 0.996. The summed E-state index contributed by atoms with van der Waals surface area (Å²) in [7, 11) is 0. The van der Waals surface area contributed by atoms with Gasteiger partial charge in [-0.05, 0) is 42.5 Å². The standard InChI is InChI=1S/C46H28N4S/c1-3-14-29(15-4-1)35-28-36(30-16-5-2-6-17-30)48-46(47-35)50-38-23-11-8-20-34(38)44-40(50)27-26-39-43(44)33-19-7-10-22-37(33)49(39)41-24-13-21-32-31-18-9-12-25-42(31)51-45(32)41/h1-28H. The van der Waals surface area contributed by atoms with Crippen molar-refractivity contribution in [2.75, 3.05) is 0 Å². The molecule has 4 heterocycles. The van der Waals surface area contributed by atoms with Crippen molar-refractivity contribution < 1.29 is 0 Å². The van der Waals surface area contributed by atoms with Crippen LogP contribution in [-0.4, -0.2) is 19.1 Å². The number of hydrogen-bond donors (Lipinski definition) is 0. The third-order valence-electron chi connectivity index (χ3n) is 10.1. The van der Waals surface area contributed by atoms with Crippen molar-refractivity contribution in [1.29, 1.82) is 0 Å². The van der Waals surface area contributed by atoms with Gasteiger partial charge in [0.1, 0.15) is 0 Å². The molecule has 0 bridgehead atoms. The Morgan fingerprint density at radius 3 is 1.55 bits per heavy atom. The van der Waals surface area contributed by atoms with Crippen LogP contribution in [-0.2, 0) is 0 Å². The minimum Gasteiger partial charge on any atom is -0.308 e. The maximum Gasteiger partial charge on any atom is 0.235 e. The molecule has 0 spiro atoms. The second-order valence-electron chi connectivity index (χ2n) is 13.0. The van der Waals surface area contributed by atoms with Crippen molar-refractivity contribution in [1.82, 2.24) is 19.1 Å². The van der Waals surface area contributed by atoms with E-state index >= 15 is 0 Å². The first kappa shape index (κ1) is 28.3. The third kappa shape index (κ3) is 4.19. The molecule has 0 aliphatic heterocycles. The number of rotatable bonds is 4. The van der Waals surface area contributed by atoms with Crippen LogP contribution in [0.25, 0.3) is 97.9 Å². The molecule has 0 radical (unpaired) electrons. The van der Waals surface area contributed by atoms with Crippen LogP contribution in [0, 0.1) is 0 Å². The molecule has 0 unspecified atom stereocenters. The Kier molecular flexibility index (Phi) is 6.09. The molecule has 51 heavy (non-hydrogen) atoms. The van der Waals surface area contributed by atoms with Gasteiger partial charge in [0, 0.05) is 48.1 Å². The predicted molar refractivity (Wildman–Crippen MR) is 214 cm³/mol. The molecule has 4 aromatic heterocycles. The number of benzene rings is 7. The average Bonchev–Trinajstić information content (AvgIpc) is 3.86. The molecule has 5 heteroatoms. The zero-order valence-corrected chi connectivity index (χ0v) is 28.2. The van der Waals surface area contributed by atoms with Gasteiger partial charge in [-0.2, -0.15) is 0 Å². The third-order valence-corrected chi connectivity index (χ3v) is 11.4. The maximum atomic E-state index is 5.27. The summed E-state index contributed by atoms with van der Waals surface area (Å²) in [5.74, 6) is 0.652. The highest BCUT2D eigenvalue weighted by atomic mass is 32.1. The minimum atomic E-state index is 0.652. The molecular weight excluding hydrogens is 641 g/mol. The molecule has 7 aromatic carbocycles. The van der Waals surface area contributed by atoms with Crippen LogP contribution in [0.15, 0.2) is 170 Å². The van der Waals surface area contributed by atoms with Gasteiger partial charge in [0.25, 0.3) is 0 Å². The van der Waals surface area contributed by atoms with E-state index in [1.54, 1.807) is 0 Å². The van der Waals surface area contributed by atoms with E-state index in [0.29, 0.717) is 5.95 Å². The highest BCUT2D eigenvalue weighted by molar-refractivity contribution is 7.26. The SMILES string of the molecule is c1ccc(-c2cc(-c3ccccc3)nc(-n3c4ccccc4c4c5c6ccccc6n(-c6cccc7c6sc6ccccc67)c5ccc43)n2)cc1. The Morgan fingerprint density at radius 1 is 0.392 bits per heavy atom. The van der Waals surface area contributed by atoms with Crippen LogP contribution in [0.1, 0.15) is 0 Å². The van der Waals surface area contributed by atoms with Gasteiger partial charge in [0.15, 0.2) is 0 Å². The van der Waals surface area contributed by atoms with E-state index in [9.17, 15) is 0 Å². The average molecular weight is 669 g/mol. The Labute approximate surface area is 297 Å². The highest BCUT2D eigenvalue weighted by Crippen LogP contribution is 2.45. The Morgan fingerprint density at radius 2 is 0.902 bits per heavy atom. The first-order valence-electron chi connectivity index (χ1n) is 17.2. The predicted octanol–water partition coefficient (Wildman–Crippen LogP) is 12.4. The monoisotopic (exact) mass is 668 g/mol. The van der Waals surface area contributed by atoms with Crippen molar-refractivity contribution in [3.63, 3.8) is 0 Å². The normalized spacial score (nSPS) is 11.9. The topological polar surface area (TPSA) is 35.6 Å². The van der Waals surface area contributed by atoms with E-state index in [4.69, 9.17) is 9.97 Å². The molecule has 0 fully saturated rings. The number of fused-ring (bicyclic) bond motifs is 10. The largest absolute Gasteiger partial charge is 0.308 e. The number of para-hydroxylation sites is 2. The Hall–Kier alpha value is -6.56. The number of hydrogen-bond acceptors (Lipinski definition) is 3. The van der Waals surface area contributed by atoms with Gasteiger partial charge in [-0.25, -0.2) is 9.97 Å². The van der Waals surface area contributed by atoms with Crippen molar-refractivity contribution in [2.24, 2.45) is 0 Å². The molecule has 11 rings (SSSR count). The van der Waals surface area contributed by atoms with Gasteiger partial charge in [0.05, 0.1) is 43.8 Å². The fourth-order valence-corrected chi connectivity index (χ4v) is 9.16. The summed E-state index contributed by atoms with van der Waals surface area (Å²) in [5.41, 5.74) is 9.62. The molecule has 0 amide bonds. The zero-order valence-electron chi connectivity index (χ0n) is 27.4. The van der Waals surface area contributed by atoms with Gasteiger partial charge in [-0.15, -0.1) is 11.3 Å². The van der Waals surface area contributed by atoms with Crippen molar-refractivity contribution in [2.45, 2.75) is 0 Å². The summed E-state index contributed by atoms with van der Waals surface area (Å²) < 4.78 is 7.32. The van der Waals surface area contributed by atoms with E-state index in [-0.39, 0.29) is 0 Å². The van der Waals surface area contributed by atoms with Crippen LogP contribution in [0.2, 0.25) is 0 Å². The van der Waals surface area contributed by atoms with Crippen molar-refractivity contribution >= 4 is 75.1 Å². The molecule has 11 aromatic rings. The molecule has 238 valence electrons. The Bertz CT molecular complexity index is 3080. The highest BCUT2D eigenvalue weighted by Gasteiger charge is 2.23. The van der Waals surface area contributed by atoms with Gasteiger partial charge < -0.3 is 4.57 Å². The molecule has 0 aliphatic rings. The molecular formula is C46H28N4S. The Balaban J connectivity index is 1.25. The summed E-state index contributed by atoms with van der Waals surface area (Å²) in [4.78, 5) is 10.5. The van der Waals surface area contributed by atoms with E-state index in [1.165, 1.54) is 58.4 Å². The van der Waals surface area contributed by atoms with Crippen molar-refractivity contribution in [3.8, 4) is 34.2 Å². The van der Waals surface area contributed by atoms with Crippen LogP contribution < -0.4 is 0 Å². The second kappa shape index (κ2) is 11.0. The van der Waals surface area contributed by atoms with Crippen LogP contribution in [0.5, 0.6) is 0 Å². The molecule has 0 aliphatic carbocycles. The lowest BCUT2D eigenvalue weighted by Gasteiger charge is -2.12. The summed E-state index contributed by atoms with van der Waals surface area (Å²) >= 11 is 1.87. The van der Waals surface area contributed by atoms with Gasteiger partial charge in [-0.1, -0.05) is 127 Å². The summed E-state index contributed by atoms with van der Waals surface area (Å²) in [5, 5.41) is 7.44. The van der Waals surface area contributed by atoms with E-state index in [1.807, 2.05) is 23.5 Å². The van der Waals surface area contributed by atoms with Crippen LogP contribution in [0.3, 0.4) is 0 Å². The first-order valence-corrected chi connectivity index (χ1v) is 18.0. The van der Waals surface area contributed by atoms with Gasteiger partial charge in [-0.3, -0.25) is 4.57 Å². The van der Waals surface area contributed by atoms with E-state index < -0.39 is 0 Å². The summed E-state index contributed by atoms with van der Waals surface area (Å²) in [6, 6.07) is 60.4. The molecule has 0 N–H and O–H groups in total.